The second-order valence-electron chi connectivity index (χ2n) is 4.37. The zero-order valence-corrected chi connectivity index (χ0v) is 13.1. The molecular formula is C14H9Cl2FN2OS. The normalized spacial score (nSPS) is 11.0. The highest BCUT2D eigenvalue weighted by Gasteiger charge is 2.13. The van der Waals surface area contributed by atoms with Gasteiger partial charge in [0.05, 0.1) is 33.9 Å². The van der Waals surface area contributed by atoms with Gasteiger partial charge in [0.25, 0.3) is 0 Å². The fourth-order valence-corrected chi connectivity index (χ4v) is 2.80. The number of fused-ring (bicyclic) bond motifs is 1. The number of imidazole rings is 1. The summed E-state index contributed by atoms with van der Waals surface area (Å²) < 4.78 is 21.0. The molecule has 0 bridgehead atoms. The fourth-order valence-electron chi connectivity index (χ4n) is 2.13. The second kappa shape index (κ2) is 5.33. The van der Waals surface area contributed by atoms with Crippen molar-refractivity contribution in [3.63, 3.8) is 0 Å². The number of hydrogen-bond donors (Lipinski definition) is 1. The van der Waals surface area contributed by atoms with Crippen LogP contribution >= 0.6 is 35.4 Å². The minimum absolute atomic E-state index is 0.0302. The van der Waals surface area contributed by atoms with E-state index in [9.17, 15) is 4.39 Å². The Balaban J connectivity index is 2.37. The Bertz CT molecular complexity index is 904. The number of rotatable bonds is 2. The standard InChI is InChI=1S/C14H9Cl2FN2OS/c1-20-7-2-3-8(15)12(4-7)19-13-6-10(17)9(16)5-11(13)18-14(19)21/h2-6H,1H3,(H,18,21). The summed E-state index contributed by atoms with van der Waals surface area (Å²) in [5, 5.41) is 0.505. The highest BCUT2D eigenvalue weighted by Crippen LogP contribution is 2.30. The van der Waals surface area contributed by atoms with Gasteiger partial charge in [-0.15, -0.1) is 0 Å². The summed E-state index contributed by atoms with van der Waals surface area (Å²) in [6.45, 7) is 0. The molecule has 0 aliphatic heterocycles. The summed E-state index contributed by atoms with van der Waals surface area (Å²) in [5.74, 6) is 0.103. The Morgan fingerprint density at radius 1 is 1.19 bits per heavy atom. The van der Waals surface area contributed by atoms with Crippen LogP contribution in [0.3, 0.4) is 0 Å². The summed E-state index contributed by atoms with van der Waals surface area (Å²) in [7, 11) is 1.56. The number of H-pyrrole nitrogens is 1. The van der Waals surface area contributed by atoms with Crippen LogP contribution in [0.2, 0.25) is 10.0 Å². The molecule has 0 spiro atoms. The highest BCUT2D eigenvalue weighted by molar-refractivity contribution is 7.71. The third-order valence-electron chi connectivity index (χ3n) is 3.12. The lowest BCUT2D eigenvalue weighted by Crippen LogP contribution is -1.96. The molecule has 0 unspecified atom stereocenters. The average Bonchev–Trinajstić information content (AvgIpc) is 2.75. The van der Waals surface area contributed by atoms with Crippen molar-refractivity contribution in [3.8, 4) is 11.4 Å². The monoisotopic (exact) mass is 342 g/mol. The molecular weight excluding hydrogens is 334 g/mol. The predicted molar refractivity (Wildman–Crippen MR) is 85.0 cm³/mol. The SMILES string of the molecule is COc1ccc(Cl)c(-n2c(=S)[nH]c3cc(Cl)c(F)cc32)c1. The molecule has 3 aromatic rings. The summed E-state index contributed by atoms with van der Waals surface area (Å²) in [6, 6.07) is 7.98. The van der Waals surface area contributed by atoms with Gasteiger partial charge in [-0.1, -0.05) is 23.2 Å². The van der Waals surface area contributed by atoms with Crippen molar-refractivity contribution in [1.82, 2.24) is 9.55 Å². The molecule has 108 valence electrons. The zero-order valence-electron chi connectivity index (χ0n) is 10.8. The number of aromatic amines is 1. The summed E-state index contributed by atoms with van der Waals surface area (Å²) in [4.78, 5) is 2.99. The van der Waals surface area contributed by atoms with Gasteiger partial charge in [-0.05, 0) is 30.4 Å². The van der Waals surface area contributed by atoms with Gasteiger partial charge in [0.1, 0.15) is 11.6 Å². The van der Waals surface area contributed by atoms with Crippen LogP contribution in [-0.4, -0.2) is 16.7 Å². The molecule has 3 nitrogen and oxygen atoms in total. The Kier molecular flexibility index (Phi) is 3.65. The van der Waals surface area contributed by atoms with E-state index in [1.165, 1.54) is 12.1 Å². The number of benzene rings is 2. The first-order valence-corrected chi connectivity index (χ1v) is 7.11. The summed E-state index contributed by atoms with van der Waals surface area (Å²) >= 11 is 17.3. The molecule has 1 heterocycles. The van der Waals surface area contributed by atoms with Crippen molar-refractivity contribution in [2.75, 3.05) is 7.11 Å². The van der Waals surface area contributed by atoms with Crippen LogP contribution in [0.15, 0.2) is 30.3 Å². The Morgan fingerprint density at radius 2 is 1.95 bits per heavy atom. The third kappa shape index (κ3) is 2.41. The van der Waals surface area contributed by atoms with Crippen LogP contribution in [-0.2, 0) is 0 Å². The predicted octanol–water partition coefficient (Wildman–Crippen LogP) is 5.14. The number of nitrogens with zero attached hydrogens (tertiary/aromatic N) is 1. The molecule has 7 heteroatoms. The number of ether oxygens (including phenoxy) is 1. The lowest BCUT2D eigenvalue weighted by Gasteiger charge is -2.09. The van der Waals surface area contributed by atoms with E-state index in [1.54, 1.807) is 29.9 Å². The highest BCUT2D eigenvalue weighted by atomic mass is 35.5. The maximum atomic E-state index is 13.7. The van der Waals surface area contributed by atoms with Gasteiger partial charge in [0.2, 0.25) is 0 Å². The summed E-state index contributed by atoms with van der Waals surface area (Å²) in [6.07, 6.45) is 0. The molecule has 3 rings (SSSR count). The van der Waals surface area contributed by atoms with E-state index in [0.29, 0.717) is 32.3 Å². The molecule has 0 radical (unpaired) electrons. The van der Waals surface area contributed by atoms with Crippen LogP contribution in [0.1, 0.15) is 0 Å². The Labute approximate surface area is 134 Å². The molecule has 0 aliphatic carbocycles. The molecule has 21 heavy (non-hydrogen) atoms. The second-order valence-corrected chi connectivity index (χ2v) is 5.57. The third-order valence-corrected chi connectivity index (χ3v) is 4.01. The van der Waals surface area contributed by atoms with E-state index < -0.39 is 5.82 Å². The largest absolute Gasteiger partial charge is 0.497 e. The van der Waals surface area contributed by atoms with E-state index in [0.717, 1.165) is 0 Å². The fraction of sp³-hybridized carbons (Fsp3) is 0.0714. The van der Waals surface area contributed by atoms with Gasteiger partial charge in [-0.3, -0.25) is 4.57 Å². The van der Waals surface area contributed by atoms with Gasteiger partial charge in [-0.25, -0.2) is 4.39 Å². The molecule has 1 aromatic heterocycles. The van der Waals surface area contributed by atoms with Crippen molar-refractivity contribution >= 4 is 46.5 Å². The van der Waals surface area contributed by atoms with Crippen LogP contribution in [0.25, 0.3) is 16.7 Å². The van der Waals surface area contributed by atoms with Crippen molar-refractivity contribution < 1.29 is 9.13 Å². The van der Waals surface area contributed by atoms with Gasteiger partial charge >= 0.3 is 0 Å². The first-order chi connectivity index (χ1) is 10.0. The summed E-state index contributed by atoms with van der Waals surface area (Å²) in [5.41, 5.74) is 1.79. The van der Waals surface area contributed by atoms with E-state index in [-0.39, 0.29) is 5.02 Å². The van der Waals surface area contributed by atoms with Crippen molar-refractivity contribution in [2.24, 2.45) is 0 Å². The molecule has 0 amide bonds. The lowest BCUT2D eigenvalue weighted by molar-refractivity contribution is 0.414. The molecule has 0 aliphatic rings. The zero-order chi connectivity index (χ0) is 15.1. The lowest BCUT2D eigenvalue weighted by atomic mass is 10.2. The minimum Gasteiger partial charge on any atom is -0.497 e. The van der Waals surface area contributed by atoms with Gasteiger partial charge in [0.15, 0.2) is 4.77 Å². The molecule has 0 atom stereocenters. The van der Waals surface area contributed by atoms with Crippen molar-refractivity contribution in [3.05, 3.63) is 51.0 Å². The molecule has 0 fully saturated rings. The number of halogens is 3. The smallest absolute Gasteiger partial charge is 0.182 e. The van der Waals surface area contributed by atoms with Crippen molar-refractivity contribution in [1.29, 1.82) is 0 Å². The topological polar surface area (TPSA) is 29.9 Å². The van der Waals surface area contributed by atoms with E-state index in [2.05, 4.69) is 4.98 Å². The number of hydrogen-bond acceptors (Lipinski definition) is 2. The average molecular weight is 343 g/mol. The van der Waals surface area contributed by atoms with Crippen LogP contribution in [0.5, 0.6) is 5.75 Å². The van der Waals surface area contributed by atoms with Gasteiger partial charge < -0.3 is 9.72 Å². The first kappa shape index (κ1) is 14.4. The maximum Gasteiger partial charge on any atom is 0.182 e. The molecule has 0 saturated carbocycles. The number of methoxy groups -OCH3 is 1. The maximum absolute atomic E-state index is 13.7. The van der Waals surface area contributed by atoms with E-state index >= 15 is 0 Å². The first-order valence-electron chi connectivity index (χ1n) is 5.95. The van der Waals surface area contributed by atoms with Crippen LogP contribution < -0.4 is 4.74 Å². The molecule has 0 saturated heterocycles. The Hall–Kier alpha value is -1.56. The van der Waals surface area contributed by atoms with E-state index in [4.69, 9.17) is 40.2 Å². The van der Waals surface area contributed by atoms with Gasteiger partial charge in [0, 0.05) is 12.1 Å². The molecule has 1 N–H and O–H groups in total. The van der Waals surface area contributed by atoms with E-state index in [1.807, 2.05) is 0 Å². The number of nitrogens with one attached hydrogen (secondary N) is 1. The van der Waals surface area contributed by atoms with Crippen LogP contribution in [0.4, 0.5) is 4.39 Å². The number of aromatic nitrogens is 2. The molecule has 2 aromatic carbocycles. The Morgan fingerprint density at radius 3 is 2.67 bits per heavy atom. The van der Waals surface area contributed by atoms with Gasteiger partial charge in [-0.2, -0.15) is 0 Å². The van der Waals surface area contributed by atoms with Crippen LogP contribution in [0, 0.1) is 10.6 Å². The quantitative estimate of drug-likeness (QED) is 0.653. The minimum atomic E-state index is -0.522. The van der Waals surface area contributed by atoms with Crippen molar-refractivity contribution in [2.45, 2.75) is 0 Å².